The molecule has 8 nitrogen and oxygen atoms in total. The average molecular weight is 390 g/mol. The van der Waals surface area contributed by atoms with Crippen LogP contribution >= 0.6 is 0 Å². The zero-order valence-corrected chi connectivity index (χ0v) is 14.9. The van der Waals surface area contributed by atoms with Crippen LogP contribution in [0.15, 0.2) is 65.8 Å². The smallest absolute Gasteiger partial charge is 0.269 e. The molecule has 0 saturated heterocycles. The maximum Gasteiger partial charge on any atom is 0.269 e. The van der Waals surface area contributed by atoms with Gasteiger partial charge >= 0.3 is 0 Å². The molecule has 1 heterocycles. The molecular weight excluding hydrogens is 375 g/mol. The highest BCUT2D eigenvalue weighted by Gasteiger charge is 2.26. The summed E-state index contributed by atoms with van der Waals surface area (Å²) in [5, 5.41) is 10.7. The van der Waals surface area contributed by atoms with Crippen molar-refractivity contribution in [3.8, 4) is 0 Å². The second-order valence-electron chi connectivity index (χ2n) is 5.76. The molecule has 0 saturated carbocycles. The second-order valence-corrected chi connectivity index (χ2v) is 7.47. The summed E-state index contributed by atoms with van der Waals surface area (Å²) in [5.74, 6) is -0.146. The number of halogens is 1. The summed E-state index contributed by atoms with van der Waals surface area (Å²) in [5.41, 5.74) is 0.148. The number of aryl methyl sites for hydroxylation is 1. The SMILES string of the molecule is Cn1ccnc1C(NS(=O)(=O)c1ccc([N+](=O)[O-])cc1)c1cccc(F)c1. The lowest BCUT2D eigenvalue weighted by Gasteiger charge is -2.19. The summed E-state index contributed by atoms with van der Waals surface area (Å²) >= 11 is 0. The highest BCUT2D eigenvalue weighted by molar-refractivity contribution is 7.89. The van der Waals surface area contributed by atoms with Crippen LogP contribution in [0, 0.1) is 15.9 Å². The number of aromatic nitrogens is 2. The topological polar surface area (TPSA) is 107 Å². The lowest BCUT2D eigenvalue weighted by molar-refractivity contribution is -0.384. The Labute approximate surface area is 154 Å². The number of nitrogens with one attached hydrogen (secondary N) is 1. The van der Waals surface area contributed by atoms with Crippen LogP contribution in [0.25, 0.3) is 0 Å². The summed E-state index contributed by atoms with van der Waals surface area (Å²) in [6, 6.07) is 9.08. The van der Waals surface area contributed by atoms with Gasteiger partial charge in [-0.1, -0.05) is 12.1 Å². The van der Waals surface area contributed by atoms with Crippen molar-refractivity contribution in [1.29, 1.82) is 0 Å². The van der Waals surface area contributed by atoms with Crippen LogP contribution in [0.3, 0.4) is 0 Å². The fourth-order valence-corrected chi connectivity index (χ4v) is 3.76. The molecule has 3 rings (SSSR count). The van der Waals surface area contributed by atoms with E-state index in [-0.39, 0.29) is 10.6 Å². The molecular formula is C17H15FN4O4S. The number of hydrogen-bond donors (Lipinski definition) is 1. The Kier molecular flexibility index (Phi) is 5.02. The van der Waals surface area contributed by atoms with Crippen molar-refractivity contribution in [3.05, 3.63) is 88.2 Å². The molecule has 0 fully saturated rings. The van der Waals surface area contributed by atoms with Crippen molar-refractivity contribution >= 4 is 15.7 Å². The molecule has 1 aromatic heterocycles. The van der Waals surface area contributed by atoms with Gasteiger partial charge in [0.15, 0.2) is 0 Å². The van der Waals surface area contributed by atoms with Gasteiger partial charge in [-0.15, -0.1) is 0 Å². The van der Waals surface area contributed by atoms with Gasteiger partial charge in [0.05, 0.1) is 9.82 Å². The van der Waals surface area contributed by atoms with E-state index in [4.69, 9.17) is 0 Å². The van der Waals surface area contributed by atoms with E-state index < -0.39 is 26.8 Å². The van der Waals surface area contributed by atoms with Gasteiger partial charge < -0.3 is 4.57 Å². The Morgan fingerprint density at radius 1 is 1.22 bits per heavy atom. The molecule has 0 aliphatic rings. The van der Waals surface area contributed by atoms with Gasteiger partial charge in [0.25, 0.3) is 5.69 Å². The van der Waals surface area contributed by atoms with E-state index in [0.717, 1.165) is 24.3 Å². The number of benzene rings is 2. The minimum Gasteiger partial charge on any atom is -0.336 e. The molecule has 0 aliphatic heterocycles. The Balaban J connectivity index is 2.00. The van der Waals surface area contributed by atoms with Gasteiger partial charge in [-0.3, -0.25) is 10.1 Å². The summed E-state index contributed by atoms with van der Waals surface area (Å²) in [7, 11) is -2.36. The molecule has 1 unspecified atom stereocenters. The number of nitro groups is 1. The molecule has 0 bridgehead atoms. The monoisotopic (exact) mass is 390 g/mol. The fourth-order valence-electron chi connectivity index (χ4n) is 2.58. The van der Waals surface area contributed by atoms with Crippen molar-refractivity contribution in [2.45, 2.75) is 10.9 Å². The zero-order valence-electron chi connectivity index (χ0n) is 14.1. The number of nitrogens with zero attached hydrogens (tertiary/aromatic N) is 3. The van der Waals surface area contributed by atoms with E-state index in [1.807, 2.05) is 0 Å². The molecule has 1 N–H and O–H groups in total. The van der Waals surface area contributed by atoms with E-state index >= 15 is 0 Å². The van der Waals surface area contributed by atoms with Gasteiger partial charge in [-0.05, 0) is 29.8 Å². The first-order valence-electron chi connectivity index (χ1n) is 7.77. The third-order valence-corrected chi connectivity index (χ3v) is 5.37. The molecule has 0 radical (unpaired) electrons. The number of rotatable bonds is 6. The average Bonchev–Trinajstić information content (AvgIpc) is 3.05. The number of imidazole rings is 1. The van der Waals surface area contributed by atoms with Crippen molar-refractivity contribution in [2.75, 3.05) is 0 Å². The third kappa shape index (κ3) is 4.01. The summed E-state index contributed by atoms with van der Waals surface area (Å²) in [6.07, 6.45) is 3.14. The first-order valence-corrected chi connectivity index (χ1v) is 9.26. The predicted octanol–water partition coefficient (Wildman–Crippen LogP) is 2.54. The van der Waals surface area contributed by atoms with Gasteiger partial charge in [0, 0.05) is 31.6 Å². The zero-order chi connectivity index (χ0) is 19.6. The van der Waals surface area contributed by atoms with Gasteiger partial charge in [0.1, 0.15) is 17.7 Å². The van der Waals surface area contributed by atoms with Crippen molar-refractivity contribution in [3.63, 3.8) is 0 Å². The molecule has 27 heavy (non-hydrogen) atoms. The van der Waals surface area contributed by atoms with Crippen LogP contribution < -0.4 is 4.72 Å². The van der Waals surface area contributed by atoms with Crippen LogP contribution in [0.2, 0.25) is 0 Å². The molecule has 0 amide bonds. The maximum atomic E-state index is 13.7. The van der Waals surface area contributed by atoms with Crippen molar-refractivity contribution in [2.24, 2.45) is 7.05 Å². The minimum absolute atomic E-state index is 0.149. The van der Waals surface area contributed by atoms with E-state index in [1.165, 1.54) is 24.4 Å². The predicted molar refractivity (Wildman–Crippen MR) is 94.9 cm³/mol. The summed E-state index contributed by atoms with van der Waals surface area (Å²) < 4.78 is 43.3. The molecule has 140 valence electrons. The maximum absolute atomic E-state index is 13.7. The van der Waals surface area contributed by atoms with Crippen LogP contribution in [-0.4, -0.2) is 22.9 Å². The van der Waals surface area contributed by atoms with Crippen LogP contribution in [-0.2, 0) is 17.1 Å². The number of hydrogen-bond acceptors (Lipinski definition) is 5. The first-order chi connectivity index (χ1) is 12.8. The van der Waals surface area contributed by atoms with Crippen LogP contribution in [0.4, 0.5) is 10.1 Å². The number of nitro benzene ring substituents is 1. The largest absolute Gasteiger partial charge is 0.336 e. The lowest BCUT2D eigenvalue weighted by atomic mass is 10.1. The normalized spacial score (nSPS) is 12.7. The van der Waals surface area contributed by atoms with Gasteiger partial charge in [-0.2, -0.15) is 4.72 Å². The molecule has 0 spiro atoms. The highest BCUT2D eigenvalue weighted by atomic mass is 32.2. The second kappa shape index (κ2) is 7.25. The molecule has 2 aromatic carbocycles. The lowest BCUT2D eigenvalue weighted by Crippen LogP contribution is -2.31. The molecule has 1 atom stereocenters. The first kappa shape index (κ1) is 18.7. The standard InChI is InChI=1S/C17H15FN4O4S/c1-21-10-9-19-17(21)16(12-3-2-4-13(18)11-12)20-27(25,26)15-7-5-14(6-8-15)22(23)24/h2-11,16,20H,1H3. The van der Waals surface area contributed by atoms with Crippen LogP contribution in [0.5, 0.6) is 0 Å². The van der Waals surface area contributed by atoms with E-state index in [9.17, 15) is 22.9 Å². The van der Waals surface area contributed by atoms with E-state index in [2.05, 4.69) is 9.71 Å². The van der Waals surface area contributed by atoms with Gasteiger partial charge in [0.2, 0.25) is 10.0 Å². The Morgan fingerprint density at radius 3 is 2.48 bits per heavy atom. The van der Waals surface area contributed by atoms with Crippen LogP contribution in [0.1, 0.15) is 17.4 Å². The summed E-state index contributed by atoms with van der Waals surface area (Å²) in [4.78, 5) is 14.1. The quantitative estimate of drug-likeness (QED) is 0.514. The molecule has 3 aromatic rings. The Hall–Kier alpha value is -3.11. The van der Waals surface area contributed by atoms with E-state index in [0.29, 0.717) is 11.4 Å². The fraction of sp³-hybridized carbons (Fsp3) is 0.118. The molecule has 10 heteroatoms. The molecule has 0 aliphatic carbocycles. The van der Waals surface area contributed by atoms with Crippen molar-refractivity contribution < 1.29 is 17.7 Å². The summed E-state index contributed by atoms with van der Waals surface area (Å²) in [6.45, 7) is 0. The minimum atomic E-state index is -4.05. The Bertz CT molecular complexity index is 1080. The number of non-ortho nitro benzene ring substituents is 1. The van der Waals surface area contributed by atoms with E-state index in [1.54, 1.807) is 23.9 Å². The number of sulfonamides is 1. The Morgan fingerprint density at radius 2 is 1.93 bits per heavy atom. The third-order valence-electron chi connectivity index (χ3n) is 3.93. The van der Waals surface area contributed by atoms with Crippen molar-refractivity contribution in [1.82, 2.24) is 14.3 Å². The van der Waals surface area contributed by atoms with Gasteiger partial charge in [-0.25, -0.2) is 17.8 Å². The highest BCUT2D eigenvalue weighted by Crippen LogP contribution is 2.24.